The van der Waals surface area contributed by atoms with Gasteiger partial charge in [-0.15, -0.1) is 0 Å². The second-order valence-electron chi connectivity index (χ2n) is 8.61. The summed E-state index contributed by atoms with van der Waals surface area (Å²) in [6, 6.07) is 9.10. The van der Waals surface area contributed by atoms with E-state index in [1.165, 1.54) is 42.7 Å². The third-order valence-electron chi connectivity index (χ3n) is 5.87. The highest BCUT2D eigenvalue weighted by molar-refractivity contribution is 6.03. The molecule has 0 saturated heterocycles. The van der Waals surface area contributed by atoms with Gasteiger partial charge in [-0.1, -0.05) is 0 Å². The van der Waals surface area contributed by atoms with Crippen molar-refractivity contribution in [2.45, 2.75) is 19.3 Å². The second kappa shape index (κ2) is 10.2. The van der Waals surface area contributed by atoms with Crippen LogP contribution < -0.4 is 10.2 Å². The van der Waals surface area contributed by atoms with E-state index in [-0.39, 0.29) is 23.1 Å². The number of anilines is 2. The van der Waals surface area contributed by atoms with E-state index in [9.17, 15) is 28.3 Å². The maximum Gasteiger partial charge on any atom is 0.413 e. The van der Waals surface area contributed by atoms with Crippen molar-refractivity contribution in [1.29, 1.82) is 0 Å². The van der Waals surface area contributed by atoms with Gasteiger partial charge in [-0.3, -0.25) is 14.5 Å². The zero-order chi connectivity index (χ0) is 26.8. The minimum atomic E-state index is -2.98. The van der Waals surface area contributed by atoms with Gasteiger partial charge in [0.2, 0.25) is 5.89 Å². The molecule has 4 aromatic rings. The standard InChI is InChI=1S/C25H20F2N6O5/c26-22(27)21-18(11-33(31-21)17-5-3-15(12-34)4-6-17)29-23(35)19-13-38-24(30-19)16-7-8-28-20(9-16)32(25(36)37)10-14-1-2-14/h3-9,11-14,22H,1-2,10H2,(H,29,35)(H,36,37). The summed E-state index contributed by atoms with van der Waals surface area (Å²) in [7, 11) is 0. The lowest BCUT2D eigenvalue weighted by molar-refractivity contribution is 0.102. The monoisotopic (exact) mass is 522 g/mol. The molecular formula is C25H20F2N6O5. The smallest absolute Gasteiger partial charge is 0.413 e. The maximum absolute atomic E-state index is 13.6. The molecule has 2 amide bonds. The van der Waals surface area contributed by atoms with Crippen LogP contribution in [-0.4, -0.2) is 49.7 Å². The van der Waals surface area contributed by atoms with Crippen LogP contribution >= 0.6 is 0 Å². The first kappa shape index (κ1) is 24.7. The second-order valence-corrected chi connectivity index (χ2v) is 8.61. The topological polar surface area (TPSA) is 143 Å². The number of halogens is 2. The van der Waals surface area contributed by atoms with Gasteiger partial charge < -0.3 is 14.8 Å². The molecule has 1 aliphatic rings. The molecule has 1 fully saturated rings. The van der Waals surface area contributed by atoms with Crippen LogP contribution in [-0.2, 0) is 0 Å². The number of hydrogen-bond donors (Lipinski definition) is 2. The summed E-state index contributed by atoms with van der Waals surface area (Å²) in [6.07, 6.45) is 2.16. The first-order valence-corrected chi connectivity index (χ1v) is 11.5. The molecule has 0 unspecified atom stereocenters. The largest absolute Gasteiger partial charge is 0.465 e. The summed E-state index contributed by atoms with van der Waals surface area (Å²) in [5, 5.41) is 15.8. The van der Waals surface area contributed by atoms with Gasteiger partial charge in [0.1, 0.15) is 18.4 Å². The highest BCUT2D eigenvalue weighted by Crippen LogP contribution is 2.32. The van der Waals surface area contributed by atoms with E-state index in [1.807, 2.05) is 0 Å². The average molecular weight is 522 g/mol. The number of carbonyl (C=O) groups is 3. The molecule has 2 N–H and O–H groups in total. The Hall–Kier alpha value is -4.94. The normalized spacial score (nSPS) is 12.9. The highest BCUT2D eigenvalue weighted by atomic mass is 19.3. The van der Waals surface area contributed by atoms with Crippen molar-refractivity contribution in [3.63, 3.8) is 0 Å². The summed E-state index contributed by atoms with van der Waals surface area (Å²) in [5.74, 6) is -0.295. The Balaban J connectivity index is 1.35. The van der Waals surface area contributed by atoms with Gasteiger partial charge in [-0.25, -0.2) is 28.2 Å². The van der Waals surface area contributed by atoms with Gasteiger partial charge in [0, 0.05) is 23.9 Å². The van der Waals surface area contributed by atoms with Crippen LogP contribution in [0.1, 0.15) is 45.8 Å². The molecule has 3 aromatic heterocycles. The minimum absolute atomic E-state index is 0.0237. The number of aldehydes is 1. The molecule has 1 aliphatic carbocycles. The van der Waals surface area contributed by atoms with E-state index in [0.29, 0.717) is 35.6 Å². The molecule has 13 heteroatoms. The molecule has 3 heterocycles. The van der Waals surface area contributed by atoms with E-state index in [2.05, 4.69) is 20.4 Å². The Kier molecular flexibility index (Phi) is 6.64. The van der Waals surface area contributed by atoms with Gasteiger partial charge in [0.05, 0.1) is 17.6 Å². The number of pyridine rings is 1. The molecule has 0 spiro atoms. The predicted molar refractivity (Wildman–Crippen MR) is 130 cm³/mol. The van der Waals surface area contributed by atoms with E-state index >= 15 is 0 Å². The summed E-state index contributed by atoms with van der Waals surface area (Å²) in [4.78, 5) is 44.8. The van der Waals surface area contributed by atoms with Crippen molar-refractivity contribution >= 4 is 29.8 Å². The predicted octanol–water partition coefficient (Wildman–Crippen LogP) is 4.82. The number of amides is 2. The third kappa shape index (κ3) is 5.26. The van der Waals surface area contributed by atoms with Crippen molar-refractivity contribution in [2.75, 3.05) is 16.8 Å². The van der Waals surface area contributed by atoms with Crippen molar-refractivity contribution in [1.82, 2.24) is 19.7 Å². The van der Waals surface area contributed by atoms with Gasteiger partial charge in [0.15, 0.2) is 11.4 Å². The Labute approximate surface area is 213 Å². The summed E-state index contributed by atoms with van der Waals surface area (Å²) in [5.41, 5.74) is 0.144. The molecular weight excluding hydrogens is 502 g/mol. The third-order valence-corrected chi connectivity index (χ3v) is 5.87. The number of oxazole rings is 1. The Morgan fingerprint density at radius 1 is 1.24 bits per heavy atom. The number of alkyl halides is 2. The van der Waals surface area contributed by atoms with E-state index < -0.39 is 24.1 Å². The lowest BCUT2D eigenvalue weighted by Crippen LogP contribution is -2.32. The Morgan fingerprint density at radius 3 is 2.66 bits per heavy atom. The fourth-order valence-corrected chi connectivity index (χ4v) is 3.71. The van der Waals surface area contributed by atoms with Crippen LogP contribution in [0.5, 0.6) is 0 Å². The average Bonchev–Trinajstić information content (AvgIpc) is 3.42. The fraction of sp³-hybridized carbons (Fsp3) is 0.200. The molecule has 0 aliphatic heterocycles. The molecule has 1 saturated carbocycles. The van der Waals surface area contributed by atoms with Crippen molar-refractivity contribution in [2.24, 2.45) is 5.92 Å². The Bertz CT molecular complexity index is 1500. The van der Waals surface area contributed by atoms with Gasteiger partial charge in [-0.05, 0) is 55.2 Å². The molecule has 5 rings (SSSR count). The molecule has 0 radical (unpaired) electrons. The van der Waals surface area contributed by atoms with E-state index in [1.54, 1.807) is 6.07 Å². The SMILES string of the molecule is O=Cc1ccc(-n2cc(NC(=O)c3coc(-c4ccnc(N(CC5CC5)C(=O)O)c4)n3)c(C(F)F)n2)cc1. The molecule has 0 bridgehead atoms. The van der Waals surface area contributed by atoms with Gasteiger partial charge in [-0.2, -0.15) is 5.10 Å². The van der Waals surface area contributed by atoms with Crippen LogP contribution in [0.3, 0.4) is 0 Å². The zero-order valence-electron chi connectivity index (χ0n) is 19.6. The van der Waals surface area contributed by atoms with Crippen LogP contribution in [0, 0.1) is 5.92 Å². The number of benzene rings is 1. The van der Waals surface area contributed by atoms with Crippen LogP contribution in [0.2, 0.25) is 0 Å². The van der Waals surface area contributed by atoms with Crippen LogP contribution in [0.25, 0.3) is 17.1 Å². The Morgan fingerprint density at radius 2 is 2.00 bits per heavy atom. The van der Waals surface area contributed by atoms with E-state index in [4.69, 9.17) is 4.42 Å². The number of nitrogens with zero attached hydrogens (tertiary/aromatic N) is 5. The molecule has 0 atom stereocenters. The van der Waals surface area contributed by atoms with Crippen molar-refractivity contribution in [3.8, 4) is 17.1 Å². The van der Waals surface area contributed by atoms with Gasteiger partial charge >= 0.3 is 6.09 Å². The first-order chi connectivity index (χ1) is 18.3. The van der Waals surface area contributed by atoms with Crippen molar-refractivity contribution < 1.29 is 32.7 Å². The molecule has 194 valence electrons. The van der Waals surface area contributed by atoms with E-state index in [0.717, 1.165) is 28.7 Å². The number of carbonyl (C=O) groups excluding carboxylic acids is 2. The zero-order valence-corrected chi connectivity index (χ0v) is 19.6. The van der Waals surface area contributed by atoms with Gasteiger partial charge in [0.25, 0.3) is 12.3 Å². The lowest BCUT2D eigenvalue weighted by Gasteiger charge is -2.18. The molecule has 11 nitrogen and oxygen atoms in total. The maximum atomic E-state index is 13.6. The van der Waals surface area contributed by atoms with Crippen LogP contribution in [0.15, 0.2) is 59.5 Å². The minimum Gasteiger partial charge on any atom is -0.465 e. The van der Waals surface area contributed by atoms with Crippen molar-refractivity contribution in [3.05, 3.63) is 72.0 Å². The lowest BCUT2D eigenvalue weighted by atomic mass is 10.2. The number of carboxylic acid groups (broad SMARTS) is 1. The number of rotatable bonds is 9. The number of aromatic nitrogens is 4. The summed E-state index contributed by atoms with van der Waals surface area (Å²) in [6.45, 7) is 0.326. The quantitative estimate of drug-likeness (QED) is 0.298. The highest BCUT2D eigenvalue weighted by Gasteiger charge is 2.29. The van der Waals surface area contributed by atoms with Crippen LogP contribution in [0.4, 0.5) is 25.1 Å². The number of nitrogens with one attached hydrogen (secondary N) is 1. The molecule has 1 aromatic carbocycles. The summed E-state index contributed by atoms with van der Waals surface area (Å²) < 4.78 is 33.8. The number of hydrogen-bond acceptors (Lipinski definition) is 7. The first-order valence-electron chi connectivity index (χ1n) is 11.5. The fourth-order valence-electron chi connectivity index (χ4n) is 3.71. The summed E-state index contributed by atoms with van der Waals surface area (Å²) >= 11 is 0. The molecule has 38 heavy (non-hydrogen) atoms.